The normalized spacial score (nSPS) is 48.0. The molecule has 3 N–H and O–H groups in total. The number of hydrogen-bond donors (Lipinski definition) is 3. The molecule has 102 heavy (non-hydrogen) atoms. The van der Waals surface area contributed by atoms with Crippen LogP contribution in [0.25, 0.3) is 0 Å². The lowest BCUT2D eigenvalue weighted by atomic mass is 9.48. The van der Waals surface area contributed by atoms with Crippen molar-refractivity contribution in [2.75, 3.05) is 124 Å². The molecule has 0 aromatic rings. The van der Waals surface area contributed by atoms with Crippen LogP contribution in [0.5, 0.6) is 0 Å². The molecule has 0 aromatic carbocycles. The van der Waals surface area contributed by atoms with Crippen molar-refractivity contribution in [1.29, 1.82) is 0 Å². The van der Waals surface area contributed by atoms with Crippen LogP contribution in [0.15, 0.2) is 0 Å². The Morgan fingerprint density at radius 2 is 0.725 bits per heavy atom. The van der Waals surface area contributed by atoms with Crippen molar-refractivity contribution in [1.82, 2.24) is 27.6 Å². The van der Waals surface area contributed by atoms with Crippen LogP contribution in [-0.2, 0) is 43.5 Å². The number of alkyl halides is 2. The third-order valence-corrected chi connectivity index (χ3v) is 37.7. The molecule has 12 aliphatic carbocycles. The lowest BCUT2D eigenvalue weighted by Crippen LogP contribution is -2.55. The number of rotatable bonds is 14. The summed E-state index contributed by atoms with van der Waals surface area (Å²) in [6.07, 6.45) is 32.1. The van der Waals surface area contributed by atoms with Crippen LogP contribution in [0.2, 0.25) is 0 Å². The lowest BCUT2D eigenvalue weighted by Gasteiger charge is -2.57. The van der Waals surface area contributed by atoms with Gasteiger partial charge in [0.15, 0.2) is 0 Å². The minimum absolute atomic E-state index is 0.00212. The summed E-state index contributed by atoms with van der Waals surface area (Å²) in [4.78, 5) is 47.5. The predicted molar refractivity (Wildman–Crippen MR) is 411 cm³/mol. The number of nitrogens with zero attached hydrogens (tertiary/aromatic N) is 6. The average molecular weight is 1490 g/mol. The van der Waals surface area contributed by atoms with E-state index in [-0.39, 0.29) is 39.9 Å². The van der Waals surface area contributed by atoms with Crippen molar-refractivity contribution in [2.24, 2.45) is 123 Å². The number of ketones is 3. The molecule has 3 heterocycles. The Morgan fingerprint density at radius 1 is 0.402 bits per heavy atom. The maximum atomic E-state index is 15.5. The molecule has 12 saturated carbocycles. The van der Waals surface area contributed by atoms with E-state index < -0.39 is 58.8 Å². The fraction of sp³-hybridized carbons (Fsp3) is 0.927. The van der Waals surface area contributed by atoms with Crippen molar-refractivity contribution in [3.8, 4) is 0 Å². The van der Waals surface area contributed by atoms with E-state index in [1.165, 1.54) is 57.8 Å². The monoisotopic (exact) mass is 1480 g/mol. The highest BCUT2D eigenvalue weighted by molar-refractivity contribution is 7.98. The number of aliphatic hydroxyl groups is 3. The summed E-state index contributed by atoms with van der Waals surface area (Å²) in [5.74, 6) is 22.0. The molecule has 3 unspecified atom stereocenters. The van der Waals surface area contributed by atoms with Gasteiger partial charge in [-0.2, -0.15) is 0 Å². The summed E-state index contributed by atoms with van der Waals surface area (Å²) in [7, 11) is -6.47. The van der Waals surface area contributed by atoms with Gasteiger partial charge in [-0.1, -0.05) is 27.7 Å². The summed E-state index contributed by atoms with van der Waals surface area (Å²) >= 11 is 0. The quantitative estimate of drug-likeness (QED) is 0.140. The fourth-order valence-electron chi connectivity index (χ4n) is 27.8. The number of Topliss-reactive ketones (excluding diaryl/α,β-unsaturated/α-hetero) is 3. The molecule has 15 rings (SSSR count). The smallest absolute Gasteiger partial charge is 0.150 e. The van der Waals surface area contributed by atoms with Crippen molar-refractivity contribution in [3.05, 3.63) is 0 Å². The highest BCUT2D eigenvalue weighted by Crippen LogP contribution is 2.68. The number of carbonyl (C=O) groups is 3. The molecule has 15 aliphatic rings. The van der Waals surface area contributed by atoms with E-state index in [0.717, 1.165) is 179 Å². The molecular formula is C82H138F2N6O9S3. The van der Waals surface area contributed by atoms with Crippen molar-refractivity contribution in [2.45, 2.75) is 231 Å². The SMILES string of the molecule is C=S(C)(=O)N1CCN(CC(=O)[C@H]2CC[C@H]3[C@@H]4CC[C@@H]5C[C@@](O)(CC)CC[C@@H]5[C@H]4CC[C@]23C)CC1.C=S(C)(=O)N1CCN(CC(=O)[C@H]2CC[C@H]3[C@@H]4CC[C@H]5C[C@@](O)(CF)CC[C@@H]5[C@H]4CC[C@]23C)CC1.C=S(C)(=O)N1CCN(CC(=O)[C@H]2CC[C@H]3[C@@H]4C[C@@H](F)[C@@H]5C[C@](C)(O)CC[C@@H]5[C@H]4CC[C@]23C)CC1. The largest absolute Gasteiger partial charge is 0.390 e. The third-order valence-electron chi connectivity index (χ3n) is 33.3. The van der Waals surface area contributed by atoms with Crippen molar-refractivity contribution in [3.63, 3.8) is 0 Å². The van der Waals surface area contributed by atoms with E-state index in [1.807, 2.05) is 19.8 Å². The minimum atomic E-state index is -2.17. The van der Waals surface area contributed by atoms with E-state index in [0.29, 0.717) is 135 Å². The Balaban J connectivity index is 0.000000137. The van der Waals surface area contributed by atoms with Crippen LogP contribution >= 0.6 is 0 Å². The molecule has 582 valence electrons. The van der Waals surface area contributed by atoms with Gasteiger partial charge in [0.05, 0.1) is 36.4 Å². The van der Waals surface area contributed by atoms with E-state index in [2.05, 4.69) is 60.0 Å². The molecule has 0 spiro atoms. The first-order valence-electron chi connectivity index (χ1n) is 41.3. The number of carbonyl (C=O) groups excluding carboxylic acids is 3. The molecule has 20 heteroatoms. The third kappa shape index (κ3) is 15.7. The first-order valence-corrected chi connectivity index (χ1v) is 47.6. The number of hydrogen-bond acceptors (Lipinski definition) is 12. The highest BCUT2D eigenvalue weighted by Gasteiger charge is 2.64. The van der Waals surface area contributed by atoms with Gasteiger partial charge in [-0.15, -0.1) is 0 Å². The zero-order chi connectivity index (χ0) is 73.1. The van der Waals surface area contributed by atoms with Gasteiger partial charge in [0.25, 0.3) is 0 Å². The predicted octanol–water partition coefficient (Wildman–Crippen LogP) is 10.6. The van der Waals surface area contributed by atoms with E-state index >= 15 is 4.39 Å². The topological polar surface area (TPSA) is 183 Å². The Bertz CT molecular complexity index is 3210. The summed E-state index contributed by atoms with van der Waals surface area (Å²) in [5.41, 5.74) is -1.90. The van der Waals surface area contributed by atoms with Crippen LogP contribution in [0.1, 0.15) is 208 Å². The first-order chi connectivity index (χ1) is 48.0. The summed E-state index contributed by atoms with van der Waals surface area (Å²) in [6, 6.07) is 0. The van der Waals surface area contributed by atoms with Gasteiger partial charge < -0.3 is 15.3 Å². The summed E-state index contributed by atoms with van der Waals surface area (Å²) in [5, 5.41) is 32.1. The Labute approximate surface area is 616 Å². The van der Waals surface area contributed by atoms with Crippen molar-refractivity contribution >= 4 is 64.1 Å². The Hall–Kier alpha value is -1.43. The van der Waals surface area contributed by atoms with Gasteiger partial charge in [0.1, 0.15) is 30.2 Å². The molecule has 3 aliphatic heterocycles. The number of halogens is 2. The standard InChI is InChI=1S/C28H48N2O3S.2C27H45FN2O3S/c1-5-28(32)13-11-21-20(18-28)6-7-23-22(21)10-12-27(2)24(23)8-9-25(27)26(31)19-29-14-16-30(17-15-29)34(3,4)33;1-26(32)9-7-19-18-8-10-27(2)22(20(18)15-24(28)21(19)16-26)5-6-23(27)25(31)17-29-11-13-30(14-12-29)34(3,4)33;1-26-10-8-21-20-9-11-27(32,18-28)16-19(20)4-5-22(21)23(26)6-7-24(26)25(31)17-29-12-14-30(15-13-29)34(2,3)33/h20-25,32H,3,5-19H2,1-2,4H3;18-24,32H,3,5-17H2,1-2,4H3;19-24,32H,2,4-18H2,1,3H3/t20-,21+,22-,23-,24+,25-,27+,28-,34?;18-,19-,20-,21-,22+,23-,24-,26-,27+,34?;19-,20-,21+,22+,23-,24+,26-,27+,34?/m110/s1. The second-order valence-electron chi connectivity index (χ2n) is 39.0. The maximum absolute atomic E-state index is 15.5. The number of piperazine rings is 3. The van der Waals surface area contributed by atoms with E-state index in [9.17, 15) is 46.7 Å². The zero-order valence-electron chi connectivity index (χ0n) is 64.5. The van der Waals surface area contributed by atoms with Crippen LogP contribution in [0.3, 0.4) is 0 Å². The number of fused-ring (bicyclic) bond motifs is 15. The van der Waals surface area contributed by atoms with Gasteiger partial charge in [-0.25, -0.2) is 21.7 Å². The molecule has 15 fully saturated rings. The second-order valence-corrected chi connectivity index (χ2v) is 46.3. The molecular weight excluding hydrogens is 1350 g/mol. The zero-order valence-corrected chi connectivity index (χ0v) is 66.9. The lowest BCUT2D eigenvalue weighted by molar-refractivity contribution is -0.139. The van der Waals surface area contributed by atoms with Crippen LogP contribution < -0.4 is 0 Å². The molecule has 0 aromatic heterocycles. The molecule has 15 nitrogen and oxygen atoms in total. The minimum Gasteiger partial charge on any atom is -0.390 e. The van der Waals surface area contributed by atoms with E-state index in [4.69, 9.17) is 0 Å². The van der Waals surface area contributed by atoms with Gasteiger partial charge in [0, 0.05) is 144 Å². The van der Waals surface area contributed by atoms with Crippen LogP contribution in [0, 0.1) is 123 Å². The molecule has 0 amide bonds. The van der Waals surface area contributed by atoms with Crippen LogP contribution in [-0.4, -0.2) is 237 Å². The Kier molecular flexibility index (Phi) is 23.1. The first kappa shape index (κ1) is 78.7. The molecule has 28 atom stereocenters. The maximum Gasteiger partial charge on any atom is 0.150 e. The van der Waals surface area contributed by atoms with Gasteiger partial charge in [-0.05, 0) is 303 Å². The van der Waals surface area contributed by atoms with Gasteiger partial charge in [0.2, 0.25) is 0 Å². The molecule has 0 radical (unpaired) electrons. The fourth-order valence-corrected chi connectivity index (χ4v) is 30.6. The van der Waals surface area contributed by atoms with Crippen LogP contribution in [0.4, 0.5) is 8.78 Å². The Morgan fingerprint density at radius 3 is 1.09 bits per heavy atom. The van der Waals surface area contributed by atoms with Gasteiger partial charge in [-0.3, -0.25) is 41.7 Å². The molecule has 3 saturated heterocycles. The molecule has 0 bridgehead atoms. The van der Waals surface area contributed by atoms with Gasteiger partial charge >= 0.3 is 0 Å². The second kappa shape index (κ2) is 30.0. The average Bonchev–Trinajstić information content (AvgIpc) is 1.45. The van der Waals surface area contributed by atoms with Crippen molar-refractivity contribution < 1.29 is 51.1 Å². The summed E-state index contributed by atoms with van der Waals surface area (Å²) < 4.78 is 71.5. The summed E-state index contributed by atoms with van der Waals surface area (Å²) in [6.45, 7) is 21.3. The highest BCUT2D eigenvalue weighted by atomic mass is 32.2. The van der Waals surface area contributed by atoms with E-state index in [1.54, 1.807) is 18.8 Å².